The van der Waals surface area contributed by atoms with Gasteiger partial charge in [0.05, 0.1) is 10.2 Å². The van der Waals surface area contributed by atoms with Crippen LogP contribution in [0.3, 0.4) is 0 Å². The Labute approximate surface area is 124 Å². The minimum absolute atomic E-state index is 0.243. The lowest BCUT2D eigenvalue weighted by atomic mass is 10.3. The Bertz CT molecular complexity index is 441. The second-order valence-electron chi connectivity index (χ2n) is 4.14. The average Bonchev–Trinajstić information content (AvgIpc) is 2.37. The molecule has 0 aromatic carbocycles. The van der Waals surface area contributed by atoms with E-state index in [0.29, 0.717) is 12.2 Å². The number of hydrogen-bond donors (Lipinski definition) is 1. The molecule has 1 heterocycles. The molecule has 0 fully saturated rings. The predicted molar refractivity (Wildman–Crippen MR) is 73.6 cm³/mol. The molecule has 1 rings (SSSR count). The molecule has 0 saturated carbocycles. The van der Waals surface area contributed by atoms with Crippen molar-refractivity contribution in [1.29, 1.82) is 0 Å². The number of halogens is 4. The zero-order valence-electron chi connectivity index (χ0n) is 11.4. The molecule has 1 aromatic heterocycles. The summed E-state index contributed by atoms with van der Waals surface area (Å²) in [7, 11) is 0. The first-order valence-electron chi connectivity index (χ1n) is 6.31. The van der Waals surface area contributed by atoms with Gasteiger partial charge in [-0.1, -0.05) is 13.8 Å². The molecule has 0 aliphatic rings. The normalized spacial score (nSPS) is 11.7. The number of aryl methyl sites for hydroxylation is 1. The Morgan fingerprint density at radius 1 is 1.25 bits per heavy atom. The lowest BCUT2D eigenvalue weighted by Crippen LogP contribution is -2.18. The molecule has 0 radical (unpaired) electrons. The molecule has 0 amide bonds. The summed E-state index contributed by atoms with van der Waals surface area (Å²) in [5.74, 6) is 0.831. The fourth-order valence-corrected chi connectivity index (χ4v) is 2.06. The van der Waals surface area contributed by atoms with E-state index >= 15 is 0 Å². The number of rotatable bonds is 7. The maximum atomic E-state index is 12.0. The maximum Gasteiger partial charge on any atom is 0.411 e. The van der Waals surface area contributed by atoms with Crippen LogP contribution in [0.2, 0.25) is 0 Å². The zero-order chi connectivity index (χ0) is 15.2. The van der Waals surface area contributed by atoms with Gasteiger partial charge in [0.15, 0.2) is 5.82 Å². The molecule has 0 spiro atoms. The van der Waals surface area contributed by atoms with E-state index in [2.05, 4.69) is 36.0 Å². The van der Waals surface area contributed by atoms with Gasteiger partial charge in [-0.2, -0.15) is 13.2 Å². The highest BCUT2D eigenvalue weighted by atomic mass is 79.9. The molecule has 1 aromatic rings. The maximum absolute atomic E-state index is 12.0. The number of anilines is 1. The van der Waals surface area contributed by atoms with Crippen LogP contribution >= 0.6 is 15.9 Å². The smallest absolute Gasteiger partial charge is 0.369 e. The average molecular weight is 356 g/mol. The van der Waals surface area contributed by atoms with Crippen molar-refractivity contribution in [3.05, 3.63) is 16.0 Å². The van der Waals surface area contributed by atoms with E-state index in [1.807, 2.05) is 13.8 Å². The Balaban J connectivity index is 2.80. The Morgan fingerprint density at radius 3 is 2.50 bits per heavy atom. The van der Waals surface area contributed by atoms with Crippen molar-refractivity contribution in [3.8, 4) is 0 Å². The SMILES string of the molecule is CCCNc1nc(COCC(F)(F)F)nc(CC)c1Br. The molecule has 0 unspecified atom stereocenters. The minimum atomic E-state index is -4.34. The third kappa shape index (κ3) is 5.62. The summed E-state index contributed by atoms with van der Waals surface area (Å²) in [6, 6.07) is 0. The molecule has 0 aliphatic heterocycles. The molecule has 0 atom stereocenters. The van der Waals surface area contributed by atoms with Crippen molar-refractivity contribution in [2.75, 3.05) is 18.5 Å². The van der Waals surface area contributed by atoms with Gasteiger partial charge < -0.3 is 10.1 Å². The highest BCUT2D eigenvalue weighted by molar-refractivity contribution is 9.10. The fraction of sp³-hybridized carbons (Fsp3) is 0.667. The lowest BCUT2D eigenvalue weighted by molar-refractivity contribution is -0.177. The molecule has 8 heteroatoms. The van der Waals surface area contributed by atoms with Gasteiger partial charge >= 0.3 is 6.18 Å². The summed E-state index contributed by atoms with van der Waals surface area (Å²) in [6.07, 6.45) is -2.78. The van der Waals surface area contributed by atoms with Gasteiger partial charge in [-0.3, -0.25) is 0 Å². The van der Waals surface area contributed by atoms with Crippen LogP contribution in [-0.4, -0.2) is 29.3 Å². The zero-order valence-corrected chi connectivity index (χ0v) is 12.9. The number of nitrogens with zero attached hydrogens (tertiary/aromatic N) is 2. The van der Waals surface area contributed by atoms with Crippen molar-refractivity contribution in [3.63, 3.8) is 0 Å². The second-order valence-corrected chi connectivity index (χ2v) is 4.93. The monoisotopic (exact) mass is 355 g/mol. The molecule has 114 valence electrons. The number of aromatic nitrogens is 2. The van der Waals surface area contributed by atoms with Crippen molar-refractivity contribution in [1.82, 2.24) is 9.97 Å². The van der Waals surface area contributed by atoms with E-state index < -0.39 is 12.8 Å². The summed E-state index contributed by atoms with van der Waals surface area (Å²) in [6.45, 7) is 3.08. The van der Waals surface area contributed by atoms with Gasteiger partial charge in [-0.05, 0) is 28.8 Å². The van der Waals surface area contributed by atoms with Crippen molar-refractivity contribution in [2.24, 2.45) is 0 Å². The van der Waals surface area contributed by atoms with Crippen LogP contribution in [0.1, 0.15) is 31.8 Å². The third-order valence-electron chi connectivity index (χ3n) is 2.34. The standard InChI is InChI=1S/C12H17BrF3N3O/c1-3-5-17-11-10(13)8(4-2)18-9(19-11)6-20-7-12(14,15)16/h3-7H2,1-2H3,(H,17,18,19). The quantitative estimate of drug-likeness (QED) is 0.809. The van der Waals surface area contributed by atoms with E-state index in [-0.39, 0.29) is 12.4 Å². The summed E-state index contributed by atoms with van der Waals surface area (Å²) in [5.41, 5.74) is 0.740. The van der Waals surface area contributed by atoms with Crippen LogP contribution in [0.25, 0.3) is 0 Å². The highest BCUT2D eigenvalue weighted by Crippen LogP contribution is 2.24. The Morgan fingerprint density at radius 2 is 1.95 bits per heavy atom. The van der Waals surface area contributed by atoms with Crippen LogP contribution in [0.15, 0.2) is 4.47 Å². The molecule has 0 bridgehead atoms. The van der Waals surface area contributed by atoms with E-state index in [1.165, 1.54) is 0 Å². The molecule has 20 heavy (non-hydrogen) atoms. The molecular weight excluding hydrogens is 339 g/mol. The van der Waals surface area contributed by atoms with Crippen LogP contribution in [0.4, 0.5) is 19.0 Å². The highest BCUT2D eigenvalue weighted by Gasteiger charge is 2.27. The number of ether oxygens (including phenoxy) is 1. The van der Waals surface area contributed by atoms with Gasteiger partial charge in [0.25, 0.3) is 0 Å². The van der Waals surface area contributed by atoms with E-state index in [4.69, 9.17) is 0 Å². The molecule has 1 N–H and O–H groups in total. The van der Waals surface area contributed by atoms with Gasteiger partial charge in [0, 0.05) is 6.54 Å². The first kappa shape index (κ1) is 17.2. The number of hydrogen-bond acceptors (Lipinski definition) is 4. The Hall–Kier alpha value is -0.890. The van der Waals surface area contributed by atoms with Gasteiger partial charge in [-0.15, -0.1) is 0 Å². The summed E-state index contributed by atoms with van der Waals surface area (Å²) < 4.78 is 41.4. The topological polar surface area (TPSA) is 47.0 Å². The number of alkyl halides is 3. The van der Waals surface area contributed by atoms with Crippen molar-refractivity contribution < 1.29 is 17.9 Å². The first-order valence-corrected chi connectivity index (χ1v) is 7.10. The van der Waals surface area contributed by atoms with Gasteiger partial charge in [-0.25, -0.2) is 9.97 Å². The minimum Gasteiger partial charge on any atom is -0.369 e. The van der Waals surface area contributed by atoms with Crippen LogP contribution < -0.4 is 5.32 Å². The number of nitrogens with one attached hydrogen (secondary N) is 1. The van der Waals surface area contributed by atoms with E-state index in [0.717, 1.165) is 23.1 Å². The second kappa shape index (κ2) is 7.78. The van der Waals surface area contributed by atoms with Crippen molar-refractivity contribution in [2.45, 2.75) is 39.5 Å². The summed E-state index contributed by atoms with van der Waals surface area (Å²) in [4.78, 5) is 8.37. The van der Waals surface area contributed by atoms with Crippen LogP contribution in [-0.2, 0) is 17.8 Å². The summed E-state index contributed by atoms with van der Waals surface area (Å²) in [5, 5.41) is 3.11. The molecule has 0 aliphatic carbocycles. The largest absolute Gasteiger partial charge is 0.411 e. The Kier molecular flexibility index (Phi) is 6.67. The third-order valence-corrected chi connectivity index (χ3v) is 3.17. The predicted octanol–water partition coefficient (Wildman–Crippen LogP) is 3.70. The van der Waals surface area contributed by atoms with Gasteiger partial charge in [0.1, 0.15) is 19.0 Å². The van der Waals surface area contributed by atoms with Crippen LogP contribution in [0, 0.1) is 0 Å². The molecule has 0 saturated heterocycles. The van der Waals surface area contributed by atoms with E-state index in [9.17, 15) is 13.2 Å². The van der Waals surface area contributed by atoms with E-state index in [1.54, 1.807) is 0 Å². The van der Waals surface area contributed by atoms with Crippen LogP contribution in [0.5, 0.6) is 0 Å². The van der Waals surface area contributed by atoms with Gasteiger partial charge in [0.2, 0.25) is 0 Å². The lowest BCUT2D eigenvalue weighted by Gasteiger charge is -2.12. The molecule has 4 nitrogen and oxygen atoms in total. The fourth-order valence-electron chi connectivity index (χ4n) is 1.46. The van der Waals surface area contributed by atoms with Crippen molar-refractivity contribution >= 4 is 21.7 Å². The summed E-state index contributed by atoms with van der Waals surface area (Å²) >= 11 is 3.40. The molecular formula is C12H17BrF3N3O. The first-order chi connectivity index (χ1) is 9.37.